The van der Waals surface area contributed by atoms with Crippen molar-refractivity contribution < 1.29 is 18.3 Å². The topological polar surface area (TPSA) is 107 Å². The van der Waals surface area contributed by atoms with E-state index in [1.165, 1.54) is 36.4 Å². The number of halogens is 1. The van der Waals surface area contributed by atoms with E-state index in [0.29, 0.717) is 5.56 Å². The SMILES string of the molecule is N#CC(c1ccccc1)c1ccc(NS(=O)(=O)c2ccc(C(=O)O)cc2)cc1Cl. The third-order valence-electron chi connectivity index (χ3n) is 4.24. The number of benzene rings is 3. The van der Waals surface area contributed by atoms with Crippen molar-refractivity contribution in [3.63, 3.8) is 0 Å². The summed E-state index contributed by atoms with van der Waals surface area (Å²) < 4.78 is 27.5. The van der Waals surface area contributed by atoms with Crippen LogP contribution in [-0.4, -0.2) is 19.5 Å². The molecule has 146 valence electrons. The lowest BCUT2D eigenvalue weighted by Crippen LogP contribution is -2.13. The Labute approximate surface area is 173 Å². The Balaban J connectivity index is 1.86. The van der Waals surface area contributed by atoms with Gasteiger partial charge in [-0.15, -0.1) is 0 Å². The van der Waals surface area contributed by atoms with E-state index in [1.54, 1.807) is 6.07 Å². The smallest absolute Gasteiger partial charge is 0.335 e. The molecule has 0 aliphatic carbocycles. The van der Waals surface area contributed by atoms with Gasteiger partial charge in [0.05, 0.1) is 28.1 Å². The number of nitriles is 1. The number of nitrogens with zero attached hydrogens (tertiary/aromatic N) is 1. The van der Waals surface area contributed by atoms with E-state index in [1.807, 2.05) is 30.3 Å². The highest BCUT2D eigenvalue weighted by Gasteiger charge is 2.19. The Morgan fingerprint density at radius 2 is 1.69 bits per heavy atom. The van der Waals surface area contributed by atoms with Gasteiger partial charge in [0.1, 0.15) is 0 Å². The molecule has 0 bridgehead atoms. The van der Waals surface area contributed by atoms with Gasteiger partial charge < -0.3 is 5.11 Å². The number of carbonyl (C=O) groups is 1. The summed E-state index contributed by atoms with van der Waals surface area (Å²) in [5.41, 5.74) is 1.56. The average Bonchev–Trinajstić information content (AvgIpc) is 2.71. The van der Waals surface area contributed by atoms with Crippen molar-refractivity contribution in [3.8, 4) is 6.07 Å². The minimum Gasteiger partial charge on any atom is -0.478 e. The van der Waals surface area contributed by atoms with Crippen molar-refractivity contribution in [3.05, 3.63) is 94.5 Å². The standard InChI is InChI=1S/C21H15ClN2O4S/c22-20-12-16(8-11-18(20)19(13-23)14-4-2-1-3-5-14)24-29(27,28)17-9-6-15(7-10-17)21(25)26/h1-12,19,24H,(H,25,26). The van der Waals surface area contributed by atoms with Crippen LogP contribution in [-0.2, 0) is 10.0 Å². The fourth-order valence-corrected chi connectivity index (χ4v) is 4.12. The highest BCUT2D eigenvalue weighted by atomic mass is 35.5. The molecule has 0 saturated carbocycles. The van der Waals surface area contributed by atoms with Crippen LogP contribution in [0, 0.1) is 11.3 Å². The summed E-state index contributed by atoms with van der Waals surface area (Å²) in [6, 6.07) is 20.8. The van der Waals surface area contributed by atoms with Crippen molar-refractivity contribution in [1.29, 1.82) is 5.26 Å². The first-order valence-corrected chi connectivity index (χ1v) is 10.3. The lowest BCUT2D eigenvalue weighted by atomic mass is 9.92. The Bertz CT molecular complexity index is 1190. The number of anilines is 1. The van der Waals surface area contributed by atoms with Gasteiger partial charge >= 0.3 is 5.97 Å². The number of aromatic carboxylic acids is 1. The minimum atomic E-state index is -3.93. The van der Waals surface area contributed by atoms with Crippen LogP contribution >= 0.6 is 11.6 Å². The number of carboxylic acids is 1. The molecule has 2 N–H and O–H groups in total. The van der Waals surface area contributed by atoms with Gasteiger partial charge in [-0.25, -0.2) is 13.2 Å². The summed E-state index contributed by atoms with van der Waals surface area (Å²) in [5, 5.41) is 18.7. The number of hydrogen-bond donors (Lipinski definition) is 2. The molecule has 3 aromatic carbocycles. The van der Waals surface area contributed by atoms with E-state index in [4.69, 9.17) is 16.7 Å². The number of carboxylic acid groups (broad SMARTS) is 1. The Hall–Kier alpha value is -3.34. The second-order valence-electron chi connectivity index (χ2n) is 6.14. The predicted octanol–water partition coefficient (Wildman–Crippen LogP) is 4.49. The highest BCUT2D eigenvalue weighted by molar-refractivity contribution is 7.92. The molecule has 0 saturated heterocycles. The van der Waals surface area contributed by atoms with Gasteiger partial charge in [-0.3, -0.25) is 4.72 Å². The van der Waals surface area contributed by atoms with Gasteiger partial charge in [-0.05, 0) is 47.5 Å². The Morgan fingerprint density at radius 1 is 1.03 bits per heavy atom. The van der Waals surface area contributed by atoms with Crippen molar-refractivity contribution in [2.45, 2.75) is 10.8 Å². The zero-order valence-corrected chi connectivity index (χ0v) is 16.5. The quantitative estimate of drug-likeness (QED) is 0.603. The maximum absolute atomic E-state index is 12.5. The largest absolute Gasteiger partial charge is 0.478 e. The summed E-state index contributed by atoms with van der Waals surface area (Å²) in [4.78, 5) is 10.8. The molecular formula is C21H15ClN2O4S. The molecule has 0 spiro atoms. The van der Waals surface area contributed by atoms with Crippen LogP contribution in [0.15, 0.2) is 77.7 Å². The van der Waals surface area contributed by atoms with E-state index in [9.17, 15) is 18.5 Å². The van der Waals surface area contributed by atoms with Crippen LogP contribution in [0.4, 0.5) is 5.69 Å². The molecule has 1 unspecified atom stereocenters. The van der Waals surface area contributed by atoms with E-state index in [0.717, 1.165) is 5.56 Å². The number of hydrogen-bond acceptors (Lipinski definition) is 4. The van der Waals surface area contributed by atoms with E-state index in [-0.39, 0.29) is 21.2 Å². The molecule has 1 atom stereocenters. The van der Waals surface area contributed by atoms with Crippen molar-refractivity contribution in [1.82, 2.24) is 0 Å². The molecule has 8 heteroatoms. The second kappa shape index (κ2) is 8.35. The zero-order valence-electron chi connectivity index (χ0n) is 14.9. The summed E-state index contributed by atoms with van der Waals surface area (Å²) in [6.07, 6.45) is 0. The third kappa shape index (κ3) is 4.57. The maximum Gasteiger partial charge on any atom is 0.335 e. The predicted molar refractivity (Wildman–Crippen MR) is 110 cm³/mol. The molecular weight excluding hydrogens is 412 g/mol. The first kappa shape index (κ1) is 20.4. The fraction of sp³-hybridized carbons (Fsp3) is 0.0476. The van der Waals surface area contributed by atoms with Gasteiger partial charge in [0.15, 0.2) is 0 Å². The monoisotopic (exact) mass is 426 g/mol. The second-order valence-corrected chi connectivity index (χ2v) is 8.23. The van der Waals surface area contributed by atoms with Crippen LogP contribution in [0.3, 0.4) is 0 Å². The number of nitrogens with one attached hydrogen (secondary N) is 1. The molecule has 0 radical (unpaired) electrons. The van der Waals surface area contributed by atoms with E-state index < -0.39 is 21.9 Å². The Morgan fingerprint density at radius 3 is 2.24 bits per heavy atom. The third-order valence-corrected chi connectivity index (χ3v) is 5.96. The number of sulfonamides is 1. The zero-order chi connectivity index (χ0) is 21.0. The van der Waals surface area contributed by atoms with Crippen LogP contribution < -0.4 is 4.72 Å². The summed E-state index contributed by atoms with van der Waals surface area (Å²) in [6.45, 7) is 0. The molecule has 29 heavy (non-hydrogen) atoms. The summed E-state index contributed by atoms with van der Waals surface area (Å²) in [7, 11) is -3.93. The molecule has 3 aromatic rings. The van der Waals surface area contributed by atoms with Crippen LogP contribution in [0.2, 0.25) is 5.02 Å². The van der Waals surface area contributed by atoms with Crippen molar-refractivity contribution >= 4 is 33.3 Å². The lowest BCUT2D eigenvalue weighted by molar-refractivity contribution is 0.0696. The highest BCUT2D eigenvalue weighted by Crippen LogP contribution is 2.32. The van der Waals surface area contributed by atoms with Crippen molar-refractivity contribution in [2.75, 3.05) is 4.72 Å². The molecule has 0 aromatic heterocycles. The van der Waals surface area contributed by atoms with Crippen LogP contribution in [0.5, 0.6) is 0 Å². The first-order chi connectivity index (χ1) is 13.8. The molecule has 3 rings (SSSR count). The lowest BCUT2D eigenvalue weighted by Gasteiger charge is -2.14. The molecule has 6 nitrogen and oxygen atoms in total. The molecule has 0 aliphatic heterocycles. The van der Waals surface area contributed by atoms with E-state index in [2.05, 4.69) is 10.8 Å². The fourth-order valence-electron chi connectivity index (χ4n) is 2.78. The molecule has 0 aliphatic rings. The molecule has 0 amide bonds. The van der Waals surface area contributed by atoms with Gasteiger partial charge in [0.25, 0.3) is 10.0 Å². The normalized spacial score (nSPS) is 12.0. The van der Waals surface area contributed by atoms with Gasteiger partial charge in [0, 0.05) is 5.02 Å². The van der Waals surface area contributed by atoms with E-state index >= 15 is 0 Å². The molecule has 0 fully saturated rings. The molecule has 0 heterocycles. The summed E-state index contributed by atoms with van der Waals surface area (Å²) in [5.74, 6) is -1.73. The van der Waals surface area contributed by atoms with Crippen molar-refractivity contribution in [2.24, 2.45) is 0 Å². The van der Waals surface area contributed by atoms with Gasteiger partial charge in [-0.1, -0.05) is 48.0 Å². The van der Waals surface area contributed by atoms with Gasteiger partial charge in [-0.2, -0.15) is 5.26 Å². The summed E-state index contributed by atoms with van der Waals surface area (Å²) >= 11 is 6.33. The maximum atomic E-state index is 12.5. The minimum absolute atomic E-state index is 0.0141. The van der Waals surface area contributed by atoms with Gasteiger partial charge in [0.2, 0.25) is 0 Å². The van der Waals surface area contributed by atoms with Crippen LogP contribution in [0.25, 0.3) is 0 Å². The van der Waals surface area contributed by atoms with Crippen LogP contribution in [0.1, 0.15) is 27.4 Å². The Kier molecular flexibility index (Phi) is 5.87. The average molecular weight is 427 g/mol. The number of rotatable bonds is 6. The first-order valence-electron chi connectivity index (χ1n) is 8.42.